The highest BCUT2D eigenvalue weighted by molar-refractivity contribution is 7.80. The lowest BCUT2D eigenvalue weighted by Gasteiger charge is -2.15. The number of thiocarbonyl (C=S) groups is 1. The summed E-state index contributed by atoms with van der Waals surface area (Å²) in [6, 6.07) is 29.4. The molecule has 2 heterocycles. The highest BCUT2D eigenvalue weighted by atomic mass is 32.1. The predicted molar refractivity (Wildman–Crippen MR) is 144 cm³/mol. The second kappa shape index (κ2) is 10.0. The minimum Gasteiger partial charge on any atom is -0.462 e. The number of nitrogens with one attached hydrogen (secondary N) is 2. The minimum atomic E-state index is -0.358. The molecule has 7 heteroatoms. The Morgan fingerprint density at radius 3 is 2.14 bits per heavy atom. The Balaban J connectivity index is 1.76. The van der Waals surface area contributed by atoms with Gasteiger partial charge in [0.25, 0.3) is 5.91 Å². The lowest BCUT2D eigenvalue weighted by atomic mass is 10.1. The van der Waals surface area contributed by atoms with E-state index in [-0.39, 0.29) is 17.0 Å². The van der Waals surface area contributed by atoms with Crippen molar-refractivity contribution in [1.82, 2.24) is 15.2 Å². The minimum absolute atomic E-state index is 0.271. The number of benzene rings is 3. The van der Waals surface area contributed by atoms with Gasteiger partial charge in [0.2, 0.25) is 0 Å². The van der Waals surface area contributed by atoms with Gasteiger partial charge in [0.05, 0.1) is 23.6 Å². The molecule has 1 aromatic heterocycles. The molecule has 36 heavy (non-hydrogen) atoms. The van der Waals surface area contributed by atoms with Gasteiger partial charge in [-0.05, 0) is 66.7 Å². The van der Waals surface area contributed by atoms with Crippen molar-refractivity contribution in [2.45, 2.75) is 6.92 Å². The number of ether oxygens (including phenoxy) is 1. The van der Waals surface area contributed by atoms with Crippen molar-refractivity contribution in [2.75, 3.05) is 6.61 Å². The maximum atomic E-state index is 12.4. The summed E-state index contributed by atoms with van der Waals surface area (Å²) < 4.78 is 7.28. The van der Waals surface area contributed by atoms with Crippen LogP contribution in [-0.4, -0.2) is 28.2 Å². The lowest BCUT2D eigenvalue weighted by Crippen LogP contribution is -2.21. The van der Waals surface area contributed by atoms with E-state index in [1.807, 2.05) is 78.9 Å². The summed E-state index contributed by atoms with van der Waals surface area (Å²) in [6.07, 6.45) is 1.81. The molecule has 178 valence electrons. The van der Waals surface area contributed by atoms with Crippen molar-refractivity contribution in [3.63, 3.8) is 0 Å². The van der Waals surface area contributed by atoms with Gasteiger partial charge in [0.1, 0.15) is 5.70 Å². The number of hydrogen-bond acceptors (Lipinski definition) is 4. The van der Waals surface area contributed by atoms with Gasteiger partial charge in [-0.1, -0.05) is 60.7 Å². The van der Waals surface area contributed by atoms with Crippen molar-refractivity contribution < 1.29 is 14.3 Å². The second-order valence-electron chi connectivity index (χ2n) is 8.13. The van der Waals surface area contributed by atoms with E-state index < -0.39 is 0 Å². The highest BCUT2D eigenvalue weighted by Crippen LogP contribution is 2.37. The first-order valence-electron chi connectivity index (χ1n) is 11.5. The number of rotatable bonds is 6. The molecule has 1 amide bonds. The van der Waals surface area contributed by atoms with Crippen LogP contribution in [-0.2, 0) is 9.53 Å². The molecular formula is C29H23N3O3S. The Morgan fingerprint density at radius 1 is 0.917 bits per heavy atom. The Labute approximate surface area is 214 Å². The van der Waals surface area contributed by atoms with Crippen molar-refractivity contribution in [3.05, 3.63) is 108 Å². The normalized spacial score (nSPS) is 14.0. The number of carbonyl (C=O) groups excluding carboxylic acids is 2. The van der Waals surface area contributed by atoms with Gasteiger partial charge in [0.15, 0.2) is 5.11 Å². The molecule has 1 saturated heterocycles. The Bertz CT molecular complexity index is 1470. The van der Waals surface area contributed by atoms with E-state index in [0.717, 1.165) is 33.8 Å². The number of aromatic nitrogens is 1. The molecule has 6 nitrogen and oxygen atoms in total. The van der Waals surface area contributed by atoms with Crippen LogP contribution in [0.5, 0.6) is 0 Å². The molecule has 0 atom stereocenters. The average Bonchev–Trinajstić information content (AvgIpc) is 3.44. The molecular weight excluding hydrogens is 470 g/mol. The molecule has 1 aliphatic heterocycles. The van der Waals surface area contributed by atoms with E-state index in [0.29, 0.717) is 17.9 Å². The van der Waals surface area contributed by atoms with E-state index in [1.165, 1.54) is 0 Å². The van der Waals surface area contributed by atoms with Gasteiger partial charge in [-0.2, -0.15) is 0 Å². The molecule has 0 aliphatic carbocycles. The monoisotopic (exact) mass is 493 g/mol. The van der Waals surface area contributed by atoms with Gasteiger partial charge in [-0.15, -0.1) is 0 Å². The highest BCUT2D eigenvalue weighted by Gasteiger charge is 2.24. The zero-order valence-corrected chi connectivity index (χ0v) is 20.3. The van der Waals surface area contributed by atoms with E-state index in [1.54, 1.807) is 19.1 Å². The Kier molecular flexibility index (Phi) is 6.47. The summed E-state index contributed by atoms with van der Waals surface area (Å²) in [5.41, 5.74) is 6.39. The van der Waals surface area contributed by atoms with Crippen LogP contribution < -0.4 is 10.6 Å². The number of nitrogens with zero attached hydrogens (tertiary/aromatic N) is 1. The summed E-state index contributed by atoms with van der Waals surface area (Å²) in [4.78, 5) is 24.7. The van der Waals surface area contributed by atoms with Gasteiger partial charge >= 0.3 is 5.97 Å². The quantitative estimate of drug-likeness (QED) is 0.216. The van der Waals surface area contributed by atoms with E-state index in [2.05, 4.69) is 21.3 Å². The Hall–Kier alpha value is -4.49. The molecule has 5 rings (SSSR count). The fourth-order valence-electron chi connectivity index (χ4n) is 4.22. The van der Waals surface area contributed by atoms with Gasteiger partial charge in [0, 0.05) is 11.3 Å². The van der Waals surface area contributed by atoms with Crippen molar-refractivity contribution >= 4 is 35.3 Å². The summed E-state index contributed by atoms with van der Waals surface area (Å²) in [7, 11) is 0. The maximum absolute atomic E-state index is 12.4. The predicted octanol–water partition coefficient (Wildman–Crippen LogP) is 5.33. The number of esters is 1. The molecule has 4 aromatic rings. The summed E-state index contributed by atoms with van der Waals surface area (Å²) in [5, 5.41) is 5.85. The fourth-order valence-corrected chi connectivity index (χ4v) is 4.42. The third-order valence-electron chi connectivity index (χ3n) is 5.80. The molecule has 0 radical (unpaired) electrons. The first kappa shape index (κ1) is 23.3. The smallest absolute Gasteiger partial charge is 0.338 e. The number of amides is 1. The van der Waals surface area contributed by atoms with Crippen LogP contribution in [0.25, 0.3) is 34.3 Å². The van der Waals surface area contributed by atoms with Crippen LogP contribution in [0.3, 0.4) is 0 Å². The van der Waals surface area contributed by atoms with Gasteiger partial charge in [-0.25, -0.2) is 4.79 Å². The number of hydrogen-bond donors (Lipinski definition) is 2. The molecule has 0 saturated carbocycles. The molecule has 0 spiro atoms. The van der Waals surface area contributed by atoms with Crippen LogP contribution in [0.15, 0.2) is 96.7 Å². The summed E-state index contributed by atoms with van der Waals surface area (Å²) in [6.45, 7) is 2.10. The van der Waals surface area contributed by atoms with Crippen LogP contribution >= 0.6 is 12.2 Å². The van der Waals surface area contributed by atoms with Crippen LogP contribution in [0.4, 0.5) is 0 Å². The lowest BCUT2D eigenvalue weighted by molar-refractivity contribution is -0.115. The molecule has 0 unspecified atom stereocenters. The average molecular weight is 494 g/mol. The second-order valence-corrected chi connectivity index (χ2v) is 8.54. The molecule has 2 N–H and O–H groups in total. The van der Waals surface area contributed by atoms with E-state index >= 15 is 0 Å². The standard InChI is InChI=1S/C29H23N3O3S/c1-2-35-28(34)21-13-15-23(16-14-21)32-25(19-9-5-3-6-10-19)18-22(17-24-27(33)31-29(36)30-24)26(32)20-11-7-4-8-12-20/h3-18H,2H2,1H3,(H2,30,31,33,36). The Morgan fingerprint density at radius 2 is 1.56 bits per heavy atom. The first-order chi connectivity index (χ1) is 17.5. The van der Waals surface area contributed by atoms with Crippen LogP contribution in [0.1, 0.15) is 22.8 Å². The van der Waals surface area contributed by atoms with Crippen LogP contribution in [0.2, 0.25) is 0 Å². The summed E-state index contributed by atoms with van der Waals surface area (Å²) >= 11 is 5.12. The number of carbonyl (C=O) groups is 2. The molecule has 1 fully saturated rings. The maximum Gasteiger partial charge on any atom is 0.338 e. The van der Waals surface area contributed by atoms with Crippen LogP contribution in [0, 0.1) is 0 Å². The largest absolute Gasteiger partial charge is 0.462 e. The fraction of sp³-hybridized carbons (Fsp3) is 0.0690. The molecule has 1 aliphatic rings. The topological polar surface area (TPSA) is 72.4 Å². The van der Waals surface area contributed by atoms with Gasteiger partial charge < -0.3 is 14.6 Å². The molecule has 0 bridgehead atoms. The third-order valence-corrected chi connectivity index (χ3v) is 6.01. The van der Waals surface area contributed by atoms with Crippen molar-refractivity contribution in [1.29, 1.82) is 0 Å². The van der Waals surface area contributed by atoms with Crippen molar-refractivity contribution in [3.8, 4) is 28.2 Å². The van der Waals surface area contributed by atoms with E-state index in [9.17, 15) is 9.59 Å². The van der Waals surface area contributed by atoms with Crippen molar-refractivity contribution in [2.24, 2.45) is 0 Å². The third kappa shape index (κ3) is 4.56. The summed E-state index contributed by atoms with van der Waals surface area (Å²) in [5.74, 6) is -0.630. The zero-order chi connectivity index (χ0) is 25.1. The zero-order valence-electron chi connectivity index (χ0n) is 19.5. The first-order valence-corrected chi connectivity index (χ1v) is 11.9. The van der Waals surface area contributed by atoms with E-state index in [4.69, 9.17) is 17.0 Å². The van der Waals surface area contributed by atoms with Gasteiger partial charge in [-0.3, -0.25) is 10.1 Å². The molecule has 3 aromatic carbocycles. The SMILES string of the molecule is CCOC(=O)c1ccc(-n2c(-c3ccccc3)cc(C=C3NC(=S)NC3=O)c2-c2ccccc2)cc1.